The third kappa shape index (κ3) is 4.67. The zero-order valence-corrected chi connectivity index (χ0v) is 18.0. The Hall–Kier alpha value is -4.25. The Morgan fingerprint density at radius 2 is 1.58 bits per heavy atom. The van der Waals surface area contributed by atoms with E-state index in [0.717, 1.165) is 33.7 Å². The monoisotopic (exact) mass is 436 g/mol. The molecule has 5 rings (SSSR count). The number of oxazole rings is 1. The van der Waals surface area contributed by atoms with Crippen molar-refractivity contribution in [1.82, 2.24) is 9.97 Å². The molecule has 2 heterocycles. The number of para-hydroxylation sites is 1. The zero-order chi connectivity index (χ0) is 22.6. The Morgan fingerprint density at radius 1 is 0.818 bits per heavy atom. The van der Waals surface area contributed by atoms with Gasteiger partial charge < -0.3 is 9.15 Å². The van der Waals surface area contributed by atoms with Crippen LogP contribution in [0.1, 0.15) is 17.0 Å². The number of benzene rings is 3. The summed E-state index contributed by atoms with van der Waals surface area (Å²) in [6.45, 7) is 1.92. The Morgan fingerprint density at radius 3 is 2.30 bits per heavy atom. The van der Waals surface area contributed by atoms with Crippen LogP contribution in [0.5, 0.6) is 11.5 Å². The molecule has 0 N–H and O–H groups in total. The SMILES string of the molecule is Cc1oc(-c2ccc(-c3cccnc3)cc2)nc1Cc1ccc(Oc2ccccc2F)cc1. The maximum Gasteiger partial charge on any atom is 0.226 e. The van der Waals surface area contributed by atoms with Gasteiger partial charge in [-0.15, -0.1) is 0 Å². The summed E-state index contributed by atoms with van der Waals surface area (Å²) in [6, 6.07) is 26.0. The number of pyridine rings is 1. The molecule has 0 saturated heterocycles. The molecule has 162 valence electrons. The minimum absolute atomic E-state index is 0.205. The Kier molecular flexibility index (Phi) is 5.68. The van der Waals surface area contributed by atoms with Crippen LogP contribution in [0.2, 0.25) is 0 Å². The maximum atomic E-state index is 13.8. The minimum Gasteiger partial charge on any atom is -0.454 e. The predicted octanol–water partition coefficient (Wildman–Crippen LogP) is 7.23. The largest absolute Gasteiger partial charge is 0.454 e. The van der Waals surface area contributed by atoms with Gasteiger partial charge in [0.25, 0.3) is 0 Å². The fourth-order valence-electron chi connectivity index (χ4n) is 3.58. The highest BCUT2D eigenvalue weighted by Crippen LogP contribution is 2.28. The van der Waals surface area contributed by atoms with Gasteiger partial charge in [-0.3, -0.25) is 4.98 Å². The molecule has 0 aliphatic rings. The van der Waals surface area contributed by atoms with Crippen molar-refractivity contribution in [2.75, 3.05) is 0 Å². The molecule has 2 aromatic heterocycles. The van der Waals surface area contributed by atoms with Gasteiger partial charge in [0.05, 0.1) is 5.69 Å². The third-order valence-corrected chi connectivity index (χ3v) is 5.38. The van der Waals surface area contributed by atoms with Crippen molar-refractivity contribution in [3.05, 3.63) is 120 Å². The topological polar surface area (TPSA) is 48.2 Å². The Balaban J connectivity index is 1.29. The second-order valence-electron chi connectivity index (χ2n) is 7.69. The molecule has 4 nitrogen and oxygen atoms in total. The van der Waals surface area contributed by atoms with Gasteiger partial charge in [-0.1, -0.05) is 42.5 Å². The van der Waals surface area contributed by atoms with Crippen molar-refractivity contribution in [3.8, 4) is 34.1 Å². The predicted molar refractivity (Wildman–Crippen MR) is 126 cm³/mol. The molecular weight excluding hydrogens is 415 g/mol. The molecule has 0 amide bonds. The molecular formula is C28H21FN2O2. The first kappa shape index (κ1) is 20.6. The van der Waals surface area contributed by atoms with Gasteiger partial charge in [0.1, 0.15) is 11.5 Å². The highest BCUT2D eigenvalue weighted by Gasteiger charge is 2.13. The first-order valence-electron chi connectivity index (χ1n) is 10.6. The van der Waals surface area contributed by atoms with E-state index < -0.39 is 0 Å². The van der Waals surface area contributed by atoms with Gasteiger partial charge in [0.2, 0.25) is 5.89 Å². The van der Waals surface area contributed by atoms with E-state index in [1.54, 1.807) is 24.4 Å². The summed E-state index contributed by atoms with van der Waals surface area (Å²) >= 11 is 0. The lowest BCUT2D eigenvalue weighted by Crippen LogP contribution is -1.92. The lowest BCUT2D eigenvalue weighted by Gasteiger charge is -2.07. The normalized spacial score (nSPS) is 10.8. The molecule has 5 heteroatoms. The second-order valence-corrected chi connectivity index (χ2v) is 7.69. The van der Waals surface area contributed by atoms with Crippen molar-refractivity contribution in [2.24, 2.45) is 0 Å². The molecule has 0 unspecified atom stereocenters. The van der Waals surface area contributed by atoms with Gasteiger partial charge >= 0.3 is 0 Å². The number of ether oxygens (including phenoxy) is 1. The van der Waals surface area contributed by atoms with E-state index in [0.29, 0.717) is 18.1 Å². The number of rotatable bonds is 6. The van der Waals surface area contributed by atoms with Crippen LogP contribution in [0.4, 0.5) is 4.39 Å². The van der Waals surface area contributed by atoms with E-state index in [1.165, 1.54) is 6.07 Å². The second kappa shape index (κ2) is 9.09. The molecule has 3 aromatic carbocycles. The lowest BCUT2D eigenvalue weighted by molar-refractivity contribution is 0.442. The quantitative estimate of drug-likeness (QED) is 0.282. The molecule has 33 heavy (non-hydrogen) atoms. The van der Waals surface area contributed by atoms with Crippen LogP contribution in [0, 0.1) is 12.7 Å². The fraction of sp³-hybridized carbons (Fsp3) is 0.0714. The van der Waals surface area contributed by atoms with Crippen molar-refractivity contribution >= 4 is 0 Å². The molecule has 0 radical (unpaired) electrons. The van der Waals surface area contributed by atoms with Crippen molar-refractivity contribution in [1.29, 1.82) is 0 Å². The third-order valence-electron chi connectivity index (χ3n) is 5.38. The summed E-state index contributed by atoms with van der Waals surface area (Å²) in [5.74, 6) is 1.78. The number of aromatic nitrogens is 2. The summed E-state index contributed by atoms with van der Waals surface area (Å²) in [4.78, 5) is 8.89. The van der Waals surface area contributed by atoms with E-state index in [1.807, 2.05) is 73.8 Å². The molecule has 0 fully saturated rings. The van der Waals surface area contributed by atoms with Crippen LogP contribution in [-0.4, -0.2) is 9.97 Å². The van der Waals surface area contributed by atoms with Crippen LogP contribution >= 0.6 is 0 Å². The smallest absolute Gasteiger partial charge is 0.226 e. The molecule has 0 saturated carbocycles. The van der Waals surface area contributed by atoms with Crippen LogP contribution < -0.4 is 4.74 Å². The van der Waals surface area contributed by atoms with E-state index in [9.17, 15) is 4.39 Å². The van der Waals surface area contributed by atoms with Gasteiger partial charge in [-0.25, -0.2) is 9.37 Å². The van der Waals surface area contributed by atoms with E-state index in [4.69, 9.17) is 14.1 Å². The van der Waals surface area contributed by atoms with Crippen LogP contribution in [0.15, 0.2) is 102 Å². The van der Waals surface area contributed by atoms with Gasteiger partial charge in [0.15, 0.2) is 11.6 Å². The summed E-state index contributed by atoms with van der Waals surface area (Å²) < 4.78 is 25.4. The zero-order valence-electron chi connectivity index (χ0n) is 18.0. The Bertz CT molecular complexity index is 1360. The van der Waals surface area contributed by atoms with Crippen LogP contribution in [0.3, 0.4) is 0 Å². The van der Waals surface area contributed by atoms with Crippen molar-refractivity contribution in [3.63, 3.8) is 0 Å². The average Bonchev–Trinajstić information content (AvgIpc) is 3.22. The Labute approximate surface area is 191 Å². The number of hydrogen-bond acceptors (Lipinski definition) is 4. The fourth-order valence-corrected chi connectivity index (χ4v) is 3.58. The number of hydrogen-bond donors (Lipinski definition) is 0. The maximum absolute atomic E-state index is 13.8. The number of halogens is 1. The van der Waals surface area contributed by atoms with Crippen LogP contribution in [0.25, 0.3) is 22.6 Å². The minimum atomic E-state index is -0.388. The molecule has 0 bridgehead atoms. The molecule has 0 aliphatic heterocycles. The van der Waals surface area contributed by atoms with E-state index in [-0.39, 0.29) is 11.6 Å². The highest BCUT2D eigenvalue weighted by molar-refractivity contribution is 5.66. The summed E-state index contributed by atoms with van der Waals surface area (Å²) in [6.07, 6.45) is 4.23. The summed E-state index contributed by atoms with van der Waals surface area (Å²) in [7, 11) is 0. The van der Waals surface area contributed by atoms with Crippen molar-refractivity contribution < 1.29 is 13.5 Å². The van der Waals surface area contributed by atoms with Gasteiger partial charge in [-0.2, -0.15) is 0 Å². The molecule has 5 aromatic rings. The molecule has 0 aliphatic carbocycles. The summed E-state index contributed by atoms with van der Waals surface area (Å²) in [5.41, 5.74) is 5.02. The standard InChI is InChI=1S/C28H21FN2O2/c1-19-26(17-20-8-14-24(15-9-20)33-27-7-3-2-6-25(27)29)31-28(32-19)22-12-10-21(11-13-22)23-5-4-16-30-18-23/h2-16,18H,17H2,1H3. The van der Waals surface area contributed by atoms with Crippen molar-refractivity contribution in [2.45, 2.75) is 13.3 Å². The average molecular weight is 436 g/mol. The van der Waals surface area contributed by atoms with Gasteiger partial charge in [-0.05, 0) is 66.1 Å². The number of aryl methyl sites for hydroxylation is 1. The van der Waals surface area contributed by atoms with E-state index in [2.05, 4.69) is 4.98 Å². The van der Waals surface area contributed by atoms with Crippen LogP contribution in [-0.2, 0) is 6.42 Å². The van der Waals surface area contributed by atoms with E-state index >= 15 is 0 Å². The highest BCUT2D eigenvalue weighted by atomic mass is 19.1. The number of nitrogens with zero attached hydrogens (tertiary/aromatic N) is 2. The first-order valence-corrected chi connectivity index (χ1v) is 10.6. The lowest BCUT2D eigenvalue weighted by atomic mass is 10.1. The molecule has 0 atom stereocenters. The first-order chi connectivity index (χ1) is 16.2. The molecule has 0 spiro atoms. The summed E-state index contributed by atoms with van der Waals surface area (Å²) in [5, 5.41) is 0. The van der Waals surface area contributed by atoms with Gasteiger partial charge in [0, 0.05) is 24.4 Å².